The van der Waals surface area contributed by atoms with E-state index < -0.39 is 0 Å². The summed E-state index contributed by atoms with van der Waals surface area (Å²) in [5, 5.41) is 2.23. The van der Waals surface area contributed by atoms with Crippen LogP contribution >= 0.6 is 0 Å². The van der Waals surface area contributed by atoms with Crippen LogP contribution in [0.25, 0.3) is 55.3 Å². The number of hydrogen-bond acceptors (Lipinski definition) is 2. The fourth-order valence-electron chi connectivity index (χ4n) is 6.11. The number of fused-ring (bicyclic) bond motifs is 3. The largest absolute Gasteiger partial charge is 0.456 e. The predicted octanol–water partition coefficient (Wildman–Crippen LogP) is 12.1. The standard InChI is InChI=1S/C42H29NO/c1-4-13-30(14-5-1)32-23-25-35(26-24-32)43(36-20-12-19-34(27-36)31-15-6-2-7-16-31)40-29-42-39(37-21-10-11-22-41(37)44-42)28-38(40)33-17-8-3-9-18-33/h1-29H. The van der Waals surface area contributed by atoms with Gasteiger partial charge in [0.25, 0.3) is 0 Å². The third-order valence-electron chi connectivity index (χ3n) is 8.26. The molecule has 0 aliphatic rings. The van der Waals surface area contributed by atoms with E-state index in [9.17, 15) is 0 Å². The lowest BCUT2D eigenvalue weighted by atomic mass is 9.98. The highest BCUT2D eigenvalue weighted by molar-refractivity contribution is 6.09. The zero-order chi connectivity index (χ0) is 29.3. The van der Waals surface area contributed by atoms with E-state index in [1.165, 1.54) is 22.3 Å². The van der Waals surface area contributed by atoms with Crippen molar-refractivity contribution in [2.45, 2.75) is 0 Å². The first kappa shape index (κ1) is 25.8. The van der Waals surface area contributed by atoms with Crippen molar-refractivity contribution in [2.75, 3.05) is 4.90 Å². The molecular weight excluding hydrogens is 534 g/mol. The van der Waals surface area contributed by atoms with Crippen molar-refractivity contribution in [3.8, 4) is 33.4 Å². The average molecular weight is 564 g/mol. The van der Waals surface area contributed by atoms with Crippen LogP contribution in [-0.2, 0) is 0 Å². The summed E-state index contributed by atoms with van der Waals surface area (Å²) < 4.78 is 6.45. The first-order chi connectivity index (χ1) is 21.8. The summed E-state index contributed by atoms with van der Waals surface area (Å²) in [4.78, 5) is 2.36. The summed E-state index contributed by atoms with van der Waals surface area (Å²) in [6.45, 7) is 0. The molecule has 8 rings (SSSR count). The minimum atomic E-state index is 0.867. The lowest BCUT2D eigenvalue weighted by molar-refractivity contribution is 0.669. The van der Waals surface area contributed by atoms with Crippen molar-refractivity contribution in [3.05, 3.63) is 176 Å². The fraction of sp³-hybridized carbons (Fsp3) is 0. The molecule has 0 amide bonds. The van der Waals surface area contributed by atoms with E-state index in [1.54, 1.807) is 0 Å². The van der Waals surface area contributed by atoms with Crippen LogP contribution in [0.3, 0.4) is 0 Å². The second kappa shape index (κ2) is 11.1. The highest BCUT2D eigenvalue weighted by Gasteiger charge is 2.21. The van der Waals surface area contributed by atoms with Gasteiger partial charge in [0.05, 0.1) is 5.69 Å². The SMILES string of the molecule is c1ccc(-c2ccc(N(c3cccc(-c4ccccc4)c3)c3cc4oc5ccccc5c4cc3-c3ccccc3)cc2)cc1. The topological polar surface area (TPSA) is 16.4 Å². The Hall–Kier alpha value is -5.86. The molecule has 0 bridgehead atoms. The molecule has 44 heavy (non-hydrogen) atoms. The van der Waals surface area contributed by atoms with Crippen LogP contribution in [0.2, 0.25) is 0 Å². The lowest BCUT2D eigenvalue weighted by Crippen LogP contribution is -2.11. The summed E-state index contributed by atoms with van der Waals surface area (Å²) >= 11 is 0. The summed E-state index contributed by atoms with van der Waals surface area (Å²) in [5.41, 5.74) is 12.0. The van der Waals surface area contributed by atoms with Crippen LogP contribution in [-0.4, -0.2) is 0 Å². The van der Waals surface area contributed by atoms with E-state index in [2.05, 4.69) is 169 Å². The van der Waals surface area contributed by atoms with Gasteiger partial charge in [-0.05, 0) is 64.2 Å². The third kappa shape index (κ3) is 4.73. The van der Waals surface area contributed by atoms with Crippen molar-refractivity contribution in [1.82, 2.24) is 0 Å². The number of para-hydroxylation sites is 1. The minimum absolute atomic E-state index is 0.867. The molecule has 1 heterocycles. The summed E-state index contributed by atoms with van der Waals surface area (Å²) in [6, 6.07) is 62.1. The molecule has 0 atom stereocenters. The second-order valence-corrected chi connectivity index (χ2v) is 11.0. The van der Waals surface area contributed by atoms with Gasteiger partial charge in [-0.2, -0.15) is 0 Å². The van der Waals surface area contributed by atoms with E-state index in [4.69, 9.17) is 4.42 Å². The molecule has 0 radical (unpaired) electrons. The van der Waals surface area contributed by atoms with Crippen LogP contribution in [0.15, 0.2) is 180 Å². The van der Waals surface area contributed by atoms with Crippen molar-refractivity contribution >= 4 is 39.0 Å². The summed E-state index contributed by atoms with van der Waals surface area (Å²) in [7, 11) is 0. The fourth-order valence-corrected chi connectivity index (χ4v) is 6.11. The van der Waals surface area contributed by atoms with E-state index in [0.29, 0.717) is 0 Å². The van der Waals surface area contributed by atoms with E-state index >= 15 is 0 Å². The van der Waals surface area contributed by atoms with Crippen molar-refractivity contribution in [3.63, 3.8) is 0 Å². The van der Waals surface area contributed by atoms with Crippen LogP contribution in [0.5, 0.6) is 0 Å². The van der Waals surface area contributed by atoms with Crippen molar-refractivity contribution < 1.29 is 4.42 Å². The molecule has 0 unspecified atom stereocenters. The Kier molecular flexibility index (Phi) is 6.51. The lowest BCUT2D eigenvalue weighted by Gasteiger charge is -2.28. The molecule has 0 saturated heterocycles. The van der Waals surface area contributed by atoms with Crippen molar-refractivity contribution in [2.24, 2.45) is 0 Å². The Balaban J connectivity index is 1.38. The second-order valence-electron chi connectivity index (χ2n) is 11.0. The Morgan fingerprint density at radius 2 is 0.909 bits per heavy atom. The maximum atomic E-state index is 6.45. The van der Waals surface area contributed by atoms with Gasteiger partial charge in [-0.3, -0.25) is 0 Å². The Morgan fingerprint density at radius 3 is 1.61 bits per heavy atom. The van der Waals surface area contributed by atoms with Gasteiger partial charge < -0.3 is 9.32 Å². The van der Waals surface area contributed by atoms with Gasteiger partial charge in [0.1, 0.15) is 11.2 Å². The molecule has 0 N–H and O–H groups in total. The van der Waals surface area contributed by atoms with E-state index in [-0.39, 0.29) is 0 Å². The number of hydrogen-bond donors (Lipinski definition) is 0. The van der Waals surface area contributed by atoms with Crippen molar-refractivity contribution in [1.29, 1.82) is 0 Å². The first-order valence-electron chi connectivity index (χ1n) is 14.9. The van der Waals surface area contributed by atoms with Crippen LogP contribution in [0.1, 0.15) is 0 Å². The van der Waals surface area contributed by atoms with Gasteiger partial charge in [0, 0.05) is 33.8 Å². The molecule has 8 aromatic rings. The zero-order valence-electron chi connectivity index (χ0n) is 24.1. The monoisotopic (exact) mass is 563 g/mol. The van der Waals surface area contributed by atoms with Crippen LogP contribution < -0.4 is 4.90 Å². The molecule has 2 nitrogen and oxygen atoms in total. The van der Waals surface area contributed by atoms with Gasteiger partial charge in [-0.15, -0.1) is 0 Å². The Labute approximate surface area is 257 Å². The van der Waals surface area contributed by atoms with Gasteiger partial charge in [-0.25, -0.2) is 0 Å². The maximum Gasteiger partial charge on any atom is 0.137 e. The number of anilines is 3. The third-order valence-corrected chi connectivity index (χ3v) is 8.26. The maximum absolute atomic E-state index is 6.45. The van der Waals surface area contributed by atoms with E-state index in [0.717, 1.165) is 50.1 Å². The van der Waals surface area contributed by atoms with Gasteiger partial charge in [0.2, 0.25) is 0 Å². The molecule has 208 valence electrons. The molecule has 1 aromatic heterocycles. The Bertz CT molecular complexity index is 2200. The molecule has 2 heteroatoms. The number of benzene rings is 7. The zero-order valence-corrected chi connectivity index (χ0v) is 24.1. The van der Waals surface area contributed by atoms with Crippen LogP contribution in [0, 0.1) is 0 Å². The minimum Gasteiger partial charge on any atom is -0.456 e. The smallest absolute Gasteiger partial charge is 0.137 e. The Morgan fingerprint density at radius 1 is 0.341 bits per heavy atom. The summed E-state index contributed by atoms with van der Waals surface area (Å²) in [6.07, 6.45) is 0. The van der Waals surface area contributed by atoms with Gasteiger partial charge in [-0.1, -0.05) is 133 Å². The quantitative estimate of drug-likeness (QED) is 0.200. The van der Waals surface area contributed by atoms with E-state index in [1.807, 2.05) is 12.1 Å². The van der Waals surface area contributed by atoms with Gasteiger partial charge >= 0.3 is 0 Å². The normalized spacial score (nSPS) is 11.2. The molecular formula is C42H29NO. The molecule has 7 aromatic carbocycles. The summed E-state index contributed by atoms with van der Waals surface area (Å²) in [5.74, 6) is 0. The number of furan rings is 1. The van der Waals surface area contributed by atoms with Crippen LogP contribution in [0.4, 0.5) is 17.1 Å². The predicted molar refractivity (Wildman–Crippen MR) is 185 cm³/mol. The molecule has 0 fully saturated rings. The molecule has 0 spiro atoms. The van der Waals surface area contributed by atoms with Gasteiger partial charge in [0.15, 0.2) is 0 Å². The molecule has 0 aliphatic heterocycles. The average Bonchev–Trinajstić information content (AvgIpc) is 3.47. The highest BCUT2D eigenvalue weighted by atomic mass is 16.3. The first-order valence-corrected chi connectivity index (χ1v) is 14.9. The number of nitrogens with zero attached hydrogens (tertiary/aromatic N) is 1. The number of rotatable bonds is 6. The molecule has 0 aliphatic carbocycles. The molecule has 0 saturated carbocycles. The highest BCUT2D eigenvalue weighted by Crippen LogP contribution is 2.45.